The predicted octanol–water partition coefficient (Wildman–Crippen LogP) is 2.33. The molecule has 1 aliphatic rings. The van der Waals surface area contributed by atoms with Crippen LogP contribution < -0.4 is 5.73 Å². The number of sulfonamides is 1. The maximum Gasteiger partial charge on any atom is 0.243 e. The third-order valence-electron chi connectivity index (χ3n) is 4.29. The molecule has 130 valence electrons. The van der Waals surface area contributed by atoms with Crippen molar-refractivity contribution < 1.29 is 13.2 Å². The second-order valence-electron chi connectivity index (χ2n) is 6.34. The highest BCUT2D eigenvalue weighted by molar-refractivity contribution is 7.89. The van der Waals surface area contributed by atoms with E-state index in [1.54, 1.807) is 16.4 Å². The molecule has 0 bridgehead atoms. The van der Waals surface area contributed by atoms with Crippen LogP contribution >= 0.6 is 0 Å². The standard InChI is InChI=1S/C17H28N2O3S/c1-14(2)15-4-6-17(7-5-15)23(20,21)19-11-8-16(9-12-19)22-13-3-10-18/h4-7,14,16H,3,8-13,18H2,1-2H3. The largest absolute Gasteiger partial charge is 0.378 e. The average molecular weight is 340 g/mol. The van der Waals surface area contributed by atoms with E-state index >= 15 is 0 Å². The van der Waals surface area contributed by atoms with E-state index < -0.39 is 10.0 Å². The van der Waals surface area contributed by atoms with Gasteiger partial charge >= 0.3 is 0 Å². The smallest absolute Gasteiger partial charge is 0.243 e. The highest BCUT2D eigenvalue weighted by Crippen LogP contribution is 2.24. The summed E-state index contributed by atoms with van der Waals surface area (Å²) in [6.07, 6.45) is 2.49. The van der Waals surface area contributed by atoms with Gasteiger partial charge in [-0.15, -0.1) is 0 Å². The number of piperidine rings is 1. The molecule has 1 aromatic rings. The SMILES string of the molecule is CC(C)c1ccc(S(=O)(=O)N2CCC(OCCCN)CC2)cc1. The second kappa shape index (κ2) is 8.24. The number of ether oxygens (including phenoxy) is 1. The van der Waals surface area contributed by atoms with Crippen molar-refractivity contribution in [3.63, 3.8) is 0 Å². The summed E-state index contributed by atoms with van der Waals surface area (Å²) in [5.41, 5.74) is 6.60. The molecule has 0 unspecified atom stereocenters. The Hall–Kier alpha value is -0.950. The Morgan fingerprint density at radius 3 is 2.35 bits per heavy atom. The molecule has 2 rings (SSSR count). The first-order chi connectivity index (χ1) is 10.9. The van der Waals surface area contributed by atoms with Gasteiger partial charge in [0.1, 0.15) is 0 Å². The van der Waals surface area contributed by atoms with Crippen LogP contribution in [-0.2, 0) is 14.8 Å². The van der Waals surface area contributed by atoms with Gasteiger partial charge in [-0.1, -0.05) is 26.0 Å². The Morgan fingerprint density at radius 1 is 1.22 bits per heavy atom. The van der Waals surface area contributed by atoms with Crippen molar-refractivity contribution >= 4 is 10.0 Å². The first-order valence-corrected chi connectivity index (χ1v) is 9.81. The van der Waals surface area contributed by atoms with Crippen LogP contribution in [0.4, 0.5) is 0 Å². The zero-order chi connectivity index (χ0) is 16.9. The average Bonchev–Trinajstić information content (AvgIpc) is 2.55. The van der Waals surface area contributed by atoms with Crippen LogP contribution in [0.1, 0.15) is 44.6 Å². The van der Waals surface area contributed by atoms with Crippen LogP contribution in [0.2, 0.25) is 0 Å². The van der Waals surface area contributed by atoms with Crippen molar-refractivity contribution in [2.45, 2.75) is 50.0 Å². The van der Waals surface area contributed by atoms with Crippen molar-refractivity contribution in [2.75, 3.05) is 26.2 Å². The molecule has 5 nitrogen and oxygen atoms in total. The van der Waals surface area contributed by atoms with Crippen LogP contribution in [0.15, 0.2) is 29.2 Å². The van der Waals surface area contributed by atoms with E-state index in [2.05, 4.69) is 13.8 Å². The van der Waals surface area contributed by atoms with E-state index in [9.17, 15) is 8.42 Å². The zero-order valence-corrected chi connectivity index (χ0v) is 14.9. The van der Waals surface area contributed by atoms with E-state index in [1.807, 2.05) is 12.1 Å². The molecule has 1 heterocycles. The Balaban J connectivity index is 1.96. The van der Waals surface area contributed by atoms with Gasteiger partial charge in [0.05, 0.1) is 11.0 Å². The van der Waals surface area contributed by atoms with Crippen molar-refractivity contribution in [2.24, 2.45) is 5.73 Å². The van der Waals surface area contributed by atoms with Crippen LogP contribution in [0.5, 0.6) is 0 Å². The number of nitrogens with zero attached hydrogens (tertiary/aromatic N) is 1. The fourth-order valence-electron chi connectivity index (χ4n) is 2.75. The van der Waals surface area contributed by atoms with E-state index in [-0.39, 0.29) is 6.10 Å². The molecule has 1 saturated heterocycles. The molecule has 0 aromatic heterocycles. The summed E-state index contributed by atoms with van der Waals surface area (Å²) >= 11 is 0. The molecule has 0 aliphatic carbocycles. The first kappa shape index (κ1) is 18.4. The molecule has 0 spiro atoms. The molecule has 6 heteroatoms. The summed E-state index contributed by atoms with van der Waals surface area (Å²) < 4.78 is 32.7. The fourth-order valence-corrected chi connectivity index (χ4v) is 4.22. The second-order valence-corrected chi connectivity index (χ2v) is 8.28. The summed E-state index contributed by atoms with van der Waals surface area (Å²) in [6, 6.07) is 7.24. The van der Waals surface area contributed by atoms with Crippen LogP contribution in [0, 0.1) is 0 Å². The van der Waals surface area contributed by atoms with Gasteiger partial charge in [0, 0.05) is 19.7 Å². The minimum absolute atomic E-state index is 0.149. The van der Waals surface area contributed by atoms with E-state index in [4.69, 9.17) is 10.5 Å². The van der Waals surface area contributed by atoms with Crippen LogP contribution in [0.3, 0.4) is 0 Å². The van der Waals surface area contributed by atoms with Crippen LogP contribution in [-0.4, -0.2) is 45.1 Å². The van der Waals surface area contributed by atoms with Crippen molar-refractivity contribution in [1.29, 1.82) is 0 Å². The highest BCUT2D eigenvalue weighted by atomic mass is 32.2. The fraction of sp³-hybridized carbons (Fsp3) is 0.647. The minimum atomic E-state index is -3.40. The lowest BCUT2D eigenvalue weighted by Crippen LogP contribution is -2.41. The van der Waals surface area contributed by atoms with E-state index in [1.165, 1.54) is 0 Å². The molecular formula is C17H28N2O3S. The zero-order valence-electron chi connectivity index (χ0n) is 14.1. The maximum atomic E-state index is 12.7. The van der Waals surface area contributed by atoms with Gasteiger partial charge in [0.2, 0.25) is 10.0 Å². The summed E-state index contributed by atoms with van der Waals surface area (Å²) in [5, 5.41) is 0. The third-order valence-corrected chi connectivity index (χ3v) is 6.20. The molecule has 0 radical (unpaired) electrons. The number of hydrogen-bond acceptors (Lipinski definition) is 4. The van der Waals surface area contributed by atoms with Gasteiger partial charge in [0.25, 0.3) is 0 Å². The summed E-state index contributed by atoms with van der Waals surface area (Å²) in [5.74, 6) is 0.396. The lowest BCUT2D eigenvalue weighted by molar-refractivity contribution is 0.0209. The van der Waals surface area contributed by atoms with Gasteiger partial charge < -0.3 is 10.5 Å². The molecule has 1 aromatic carbocycles. The minimum Gasteiger partial charge on any atom is -0.378 e. The van der Waals surface area contributed by atoms with Crippen molar-refractivity contribution in [3.05, 3.63) is 29.8 Å². The van der Waals surface area contributed by atoms with Crippen molar-refractivity contribution in [1.82, 2.24) is 4.31 Å². The predicted molar refractivity (Wildman–Crippen MR) is 91.9 cm³/mol. The molecule has 1 fully saturated rings. The molecule has 2 N–H and O–H groups in total. The van der Waals surface area contributed by atoms with Crippen LogP contribution in [0.25, 0.3) is 0 Å². The topological polar surface area (TPSA) is 72.6 Å². The van der Waals surface area contributed by atoms with Gasteiger partial charge in [-0.2, -0.15) is 4.31 Å². The van der Waals surface area contributed by atoms with Gasteiger partial charge in [-0.3, -0.25) is 0 Å². The monoisotopic (exact) mass is 340 g/mol. The Bertz CT molecular complexity index is 576. The normalized spacial score (nSPS) is 17.7. The summed E-state index contributed by atoms with van der Waals surface area (Å²) in [4.78, 5) is 0.379. The quantitative estimate of drug-likeness (QED) is 0.773. The molecule has 1 aliphatic heterocycles. The van der Waals surface area contributed by atoms with Gasteiger partial charge in [-0.05, 0) is 49.4 Å². The summed E-state index contributed by atoms with van der Waals surface area (Å²) in [6.45, 7) is 6.51. The number of rotatable bonds is 7. The molecular weight excluding hydrogens is 312 g/mol. The Labute approximate surface area is 139 Å². The number of hydrogen-bond donors (Lipinski definition) is 1. The number of benzene rings is 1. The number of nitrogens with two attached hydrogens (primary N) is 1. The molecule has 0 amide bonds. The lowest BCUT2D eigenvalue weighted by atomic mass is 10.0. The third kappa shape index (κ3) is 4.76. The Morgan fingerprint density at radius 2 is 1.83 bits per heavy atom. The van der Waals surface area contributed by atoms with Gasteiger partial charge in [-0.25, -0.2) is 8.42 Å². The highest BCUT2D eigenvalue weighted by Gasteiger charge is 2.29. The van der Waals surface area contributed by atoms with E-state index in [0.29, 0.717) is 37.1 Å². The summed E-state index contributed by atoms with van der Waals surface area (Å²) in [7, 11) is -3.40. The molecule has 23 heavy (non-hydrogen) atoms. The Kier molecular flexibility index (Phi) is 6.59. The van der Waals surface area contributed by atoms with Crippen molar-refractivity contribution in [3.8, 4) is 0 Å². The molecule has 0 saturated carbocycles. The first-order valence-electron chi connectivity index (χ1n) is 8.37. The molecule has 0 atom stereocenters. The van der Waals surface area contributed by atoms with Gasteiger partial charge in [0.15, 0.2) is 0 Å². The maximum absolute atomic E-state index is 12.7. The lowest BCUT2D eigenvalue weighted by Gasteiger charge is -2.31. The van der Waals surface area contributed by atoms with E-state index in [0.717, 1.165) is 24.8 Å².